The molecule has 1 heterocycles. The van der Waals surface area contributed by atoms with Gasteiger partial charge in [-0.1, -0.05) is 23.7 Å². The summed E-state index contributed by atoms with van der Waals surface area (Å²) in [6.45, 7) is 2.86. The summed E-state index contributed by atoms with van der Waals surface area (Å²) in [6, 6.07) is 10.2. The maximum atomic E-state index is 12.5. The Hall–Kier alpha value is -2.91. The number of Topliss-reactive ketones (excluding diaryl/α,β-unsaturated/α-hetero) is 1. The Morgan fingerprint density at radius 2 is 1.91 bits per heavy atom. The molecule has 1 aliphatic rings. The largest absolute Gasteiger partial charge is 0.456 e. The molecule has 3 rings (SSSR count). The summed E-state index contributed by atoms with van der Waals surface area (Å²) < 4.78 is 30.8. The molecule has 1 atom stereocenters. The maximum absolute atomic E-state index is 12.5. The van der Waals surface area contributed by atoms with Crippen molar-refractivity contribution in [3.63, 3.8) is 0 Å². The van der Waals surface area contributed by atoms with E-state index < -0.39 is 40.3 Å². The summed E-state index contributed by atoms with van der Waals surface area (Å²) >= 11 is 5.98. The lowest BCUT2D eigenvalue weighted by Crippen LogP contribution is -2.40. The molecule has 32 heavy (non-hydrogen) atoms. The Balaban J connectivity index is 1.58. The van der Waals surface area contributed by atoms with E-state index in [9.17, 15) is 22.8 Å². The van der Waals surface area contributed by atoms with Gasteiger partial charge in [0.05, 0.1) is 22.0 Å². The second-order valence-electron chi connectivity index (χ2n) is 7.27. The summed E-state index contributed by atoms with van der Waals surface area (Å²) in [5.74, 6) is -1.73. The predicted molar refractivity (Wildman–Crippen MR) is 121 cm³/mol. The molecule has 1 N–H and O–H groups in total. The number of fused-ring (bicyclic) bond motifs is 1. The van der Waals surface area contributed by atoms with Gasteiger partial charge in [0.25, 0.3) is 5.91 Å². The SMILES string of the molecule is CCS(=O)(=O)N1CCc2cc(C(=O)COC(=O)C(C)NC(=O)c3ccccc3Cl)ccc21. The second kappa shape index (κ2) is 9.70. The van der Waals surface area contributed by atoms with Crippen molar-refractivity contribution in [3.05, 3.63) is 64.2 Å². The van der Waals surface area contributed by atoms with Crippen LogP contribution in [-0.2, 0) is 26.0 Å². The van der Waals surface area contributed by atoms with Crippen LogP contribution in [0.15, 0.2) is 42.5 Å². The Morgan fingerprint density at radius 3 is 2.59 bits per heavy atom. The third-order valence-electron chi connectivity index (χ3n) is 5.12. The number of esters is 1. The third-order valence-corrected chi connectivity index (χ3v) is 7.23. The molecule has 170 valence electrons. The summed E-state index contributed by atoms with van der Waals surface area (Å²) in [7, 11) is -3.37. The third kappa shape index (κ3) is 5.11. The summed E-state index contributed by atoms with van der Waals surface area (Å²) in [5, 5.41) is 2.74. The highest BCUT2D eigenvalue weighted by atomic mass is 35.5. The van der Waals surface area contributed by atoms with Crippen LogP contribution in [0.2, 0.25) is 5.02 Å². The molecule has 2 aromatic carbocycles. The van der Waals surface area contributed by atoms with Gasteiger partial charge in [-0.25, -0.2) is 13.2 Å². The number of nitrogens with zero attached hydrogens (tertiary/aromatic N) is 1. The van der Waals surface area contributed by atoms with E-state index in [0.717, 1.165) is 5.56 Å². The van der Waals surface area contributed by atoms with Gasteiger partial charge in [0.2, 0.25) is 10.0 Å². The van der Waals surface area contributed by atoms with Crippen molar-refractivity contribution in [1.29, 1.82) is 0 Å². The molecule has 8 nitrogen and oxygen atoms in total. The number of halogens is 1. The first kappa shape index (κ1) is 23.7. The van der Waals surface area contributed by atoms with E-state index in [2.05, 4.69) is 5.32 Å². The van der Waals surface area contributed by atoms with E-state index in [-0.39, 0.29) is 16.3 Å². The van der Waals surface area contributed by atoms with Crippen molar-refractivity contribution >= 4 is 45.0 Å². The minimum Gasteiger partial charge on any atom is -0.456 e. The monoisotopic (exact) mass is 478 g/mol. The van der Waals surface area contributed by atoms with Crippen LogP contribution in [-0.4, -0.2) is 51.0 Å². The number of sulfonamides is 1. The number of hydrogen-bond acceptors (Lipinski definition) is 6. The van der Waals surface area contributed by atoms with Crippen molar-refractivity contribution in [1.82, 2.24) is 5.32 Å². The van der Waals surface area contributed by atoms with Crippen molar-refractivity contribution in [3.8, 4) is 0 Å². The number of rotatable bonds is 8. The van der Waals surface area contributed by atoms with E-state index in [4.69, 9.17) is 16.3 Å². The number of amides is 1. The van der Waals surface area contributed by atoms with Gasteiger partial charge in [-0.3, -0.25) is 13.9 Å². The standard InChI is InChI=1S/C22H23ClN2O6S/c1-3-32(29,30)25-11-10-15-12-16(8-9-19(15)25)20(26)13-31-22(28)14(2)24-21(27)17-6-4-5-7-18(17)23/h4-9,12,14H,3,10-11,13H2,1-2H3,(H,24,27). The van der Waals surface area contributed by atoms with Crippen molar-refractivity contribution in [2.24, 2.45) is 0 Å². The number of nitrogens with one attached hydrogen (secondary N) is 1. The lowest BCUT2D eigenvalue weighted by molar-refractivity contribution is -0.144. The number of ketones is 1. The zero-order chi connectivity index (χ0) is 23.5. The molecule has 10 heteroatoms. The van der Waals surface area contributed by atoms with Crippen LogP contribution in [0.4, 0.5) is 5.69 Å². The first-order valence-corrected chi connectivity index (χ1v) is 12.0. The molecule has 1 unspecified atom stereocenters. The average Bonchev–Trinajstić information content (AvgIpc) is 3.21. The number of ether oxygens (including phenoxy) is 1. The fourth-order valence-electron chi connectivity index (χ4n) is 3.31. The first-order valence-electron chi connectivity index (χ1n) is 10.0. The van der Waals surface area contributed by atoms with E-state index in [1.54, 1.807) is 37.3 Å². The summed E-state index contributed by atoms with van der Waals surface area (Å²) in [5.41, 5.74) is 1.86. The highest BCUT2D eigenvalue weighted by Gasteiger charge is 2.29. The van der Waals surface area contributed by atoms with Gasteiger partial charge in [-0.15, -0.1) is 0 Å². The van der Waals surface area contributed by atoms with Crippen molar-refractivity contribution in [2.45, 2.75) is 26.3 Å². The van der Waals surface area contributed by atoms with Gasteiger partial charge in [0.1, 0.15) is 6.04 Å². The van der Waals surface area contributed by atoms with Gasteiger partial charge in [0, 0.05) is 12.1 Å². The van der Waals surface area contributed by atoms with Crippen molar-refractivity contribution in [2.75, 3.05) is 23.2 Å². The van der Waals surface area contributed by atoms with E-state index >= 15 is 0 Å². The highest BCUT2D eigenvalue weighted by Crippen LogP contribution is 2.31. The Kier molecular flexibility index (Phi) is 7.20. The second-order valence-corrected chi connectivity index (χ2v) is 9.86. The topological polar surface area (TPSA) is 110 Å². The van der Waals surface area contributed by atoms with Crippen LogP contribution in [0.1, 0.15) is 40.1 Å². The van der Waals surface area contributed by atoms with Gasteiger partial charge in [-0.05, 0) is 56.2 Å². The molecular formula is C22H23ClN2O6S. The Morgan fingerprint density at radius 1 is 1.19 bits per heavy atom. The highest BCUT2D eigenvalue weighted by molar-refractivity contribution is 7.92. The van der Waals surface area contributed by atoms with E-state index in [0.29, 0.717) is 24.2 Å². The molecule has 0 fully saturated rings. The van der Waals surface area contributed by atoms with Crippen LogP contribution in [0.3, 0.4) is 0 Å². The number of hydrogen-bond donors (Lipinski definition) is 1. The molecule has 2 aromatic rings. The predicted octanol–water partition coefficient (Wildman–Crippen LogP) is 2.60. The minimum absolute atomic E-state index is 0.00568. The van der Waals surface area contributed by atoms with Crippen LogP contribution in [0, 0.1) is 0 Å². The zero-order valence-corrected chi connectivity index (χ0v) is 19.2. The van der Waals surface area contributed by atoms with Gasteiger partial charge in [-0.2, -0.15) is 0 Å². The normalized spacial score (nSPS) is 13.9. The quantitative estimate of drug-likeness (QED) is 0.461. The molecule has 1 aliphatic heterocycles. The van der Waals surface area contributed by atoms with Crippen LogP contribution in [0.5, 0.6) is 0 Å². The molecule has 0 saturated carbocycles. The van der Waals surface area contributed by atoms with Gasteiger partial charge < -0.3 is 10.1 Å². The first-order chi connectivity index (χ1) is 15.1. The molecule has 0 aromatic heterocycles. The van der Waals surface area contributed by atoms with Crippen LogP contribution in [0.25, 0.3) is 0 Å². The minimum atomic E-state index is -3.37. The molecule has 0 spiro atoms. The smallest absolute Gasteiger partial charge is 0.328 e. The molecular weight excluding hydrogens is 456 g/mol. The lowest BCUT2D eigenvalue weighted by atomic mass is 10.1. The Bertz CT molecular complexity index is 1160. The molecule has 1 amide bonds. The number of anilines is 1. The number of benzene rings is 2. The summed E-state index contributed by atoms with van der Waals surface area (Å²) in [6.07, 6.45) is 0.501. The van der Waals surface area contributed by atoms with Crippen LogP contribution < -0.4 is 9.62 Å². The maximum Gasteiger partial charge on any atom is 0.328 e. The summed E-state index contributed by atoms with van der Waals surface area (Å²) in [4.78, 5) is 36.9. The Labute approximate surface area is 191 Å². The molecule has 0 bridgehead atoms. The number of carbonyl (C=O) groups is 3. The fourth-order valence-corrected chi connectivity index (χ4v) is 4.69. The van der Waals surface area contributed by atoms with E-state index in [1.165, 1.54) is 23.4 Å². The number of carbonyl (C=O) groups excluding carboxylic acids is 3. The molecule has 0 aliphatic carbocycles. The molecule has 0 radical (unpaired) electrons. The zero-order valence-electron chi connectivity index (χ0n) is 17.6. The van der Waals surface area contributed by atoms with Gasteiger partial charge >= 0.3 is 5.97 Å². The van der Waals surface area contributed by atoms with Crippen LogP contribution >= 0.6 is 11.6 Å². The van der Waals surface area contributed by atoms with Gasteiger partial charge in [0.15, 0.2) is 12.4 Å². The van der Waals surface area contributed by atoms with E-state index in [1.807, 2.05) is 0 Å². The fraction of sp³-hybridized carbons (Fsp3) is 0.318. The average molecular weight is 479 g/mol. The lowest BCUT2D eigenvalue weighted by Gasteiger charge is -2.18. The van der Waals surface area contributed by atoms with Crippen molar-refractivity contribution < 1.29 is 27.5 Å². The molecule has 0 saturated heterocycles.